The van der Waals surface area contributed by atoms with Crippen LogP contribution in [0.2, 0.25) is 0 Å². The second-order valence-corrected chi connectivity index (χ2v) is 8.61. The lowest BCUT2D eigenvalue weighted by atomic mass is 9.97. The molecule has 0 saturated heterocycles. The number of ether oxygens (including phenoxy) is 3. The summed E-state index contributed by atoms with van der Waals surface area (Å²) < 4.78 is 16.6. The van der Waals surface area contributed by atoms with Crippen molar-refractivity contribution in [3.8, 4) is 17.2 Å². The number of rotatable bonds is 5. The molecule has 0 aromatic heterocycles. The number of amides is 1. The Labute approximate surface area is 177 Å². The Hall–Kier alpha value is -2.69. The van der Waals surface area contributed by atoms with Crippen LogP contribution < -0.4 is 14.2 Å². The normalized spacial score (nSPS) is 17.9. The second kappa shape index (κ2) is 8.58. The van der Waals surface area contributed by atoms with Crippen LogP contribution in [0.5, 0.6) is 17.2 Å². The summed E-state index contributed by atoms with van der Waals surface area (Å²) >= 11 is 0. The van der Waals surface area contributed by atoms with Crippen LogP contribution in [0.25, 0.3) is 0 Å². The number of hydrogen-bond acceptors (Lipinski definition) is 4. The molecular formula is C25H29NO4. The van der Waals surface area contributed by atoms with Crippen LogP contribution in [-0.2, 0) is 24.3 Å². The zero-order valence-electron chi connectivity index (χ0n) is 17.4. The monoisotopic (exact) mass is 407 g/mol. The molecule has 0 N–H and O–H groups in total. The highest BCUT2D eigenvalue weighted by atomic mass is 16.7. The summed E-state index contributed by atoms with van der Waals surface area (Å²) in [5.74, 6) is 2.95. The fraction of sp³-hybridized carbons (Fsp3) is 0.480. The third-order valence-corrected chi connectivity index (χ3v) is 6.45. The van der Waals surface area contributed by atoms with E-state index in [-0.39, 0.29) is 18.6 Å². The van der Waals surface area contributed by atoms with Gasteiger partial charge in [-0.15, -0.1) is 0 Å². The smallest absolute Gasteiger partial charge is 0.231 e. The summed E-state index contributed by atoms with van der Waals surface area (Å²) in [7, 11) is 0. The number of benzene rings is 2. The van der Waals surface area contributed by atoms with Gasteiger partial charge < -0.3 is 19.1 Å². The van der Waals surface area contributed by atoms with Crippen molar-refractivity contribution in [3.05, 3.63) is 53.1 Å². The molecule has 0 spiro atoms. The minimum absolute atomic E-state index is 0.138. The van der Waals surface area contributed by atoms with Gasteiger partial charge in [-0.1, -0.05) is 43.9 Å². The van der Waals surface area contributed by atoms with E-state index in [1.165, 1.54) is 24.0 Å². The Balaban J connectivity index is 1.38. The standard InChI is InChI=1S/C25H29NO4/c27-25(20-5-3-1-2-4-6-20)26(15-18-7-9-22-21(13-18)11-12-28-22)16-19-8-10-23-24(14-19)30-17-29-23/h7-10,13-14,20H,1-6,11-12,15-17H2. The molecule has 30 heavy (non-hydrogen) atoms. The van der Waals surface area contributed by atoms with E-state index in [1.807, 2.05) is 29.2 Å². The Bertz CT molecular complexity index is 858. The molecule has 0 unspecified atom stereocenters. The molecule has 1 aliphatic carbocycles. The lowest BCUT2D eigenvalue weighted by Gasteiger charge is -2.27. The van der Waals surface area contributed by atoms with Crippen LogP contribution in [0.1, 0.15) is 55.2 Å². The van der Waals surface area contributed by atoms with Gasteiger partial charge in [-0.25, -0.2) is 0 Å². The van der Waals surface area contributed by atoms with E-state index in [9.17, 15) is 4.79 Å². The van der Waals surface area contributed by atoms with Gasteiger partial charge in [-0.05, 0) is 47.7 Å². The molecule has 5 rings (SSSR count). The minimum Gasteiger partial charge on any atom is -0.493 e. The molecule has 5 nitrogen and oxygen atoms in total. The van der Waals surface area contributed by atoms with Gasteiger partial charge >= 0.3 is 0 Å². The molecule has 2 aromatic carbocycles. The van der Waals surface area contributed by atoms with E-state index >= 15 is 0 Å². The van der Waals surface area contributed by atoms with Crippen molar-refractivity contribution >= 4 is 5.91 Å². The number of carbonyl (C=O) groups is 1. The molecule has 5 heteroatoms. The highest BCUT2D eigenvalue weighted by molar-refractivity contribution is 5.79. The van der Waals surface area contributed by atoms with Crippen molar-refractivity contribution in [1.29, 1.82) is 0 Å². The highest BCUT2D eigenvalue weighted by Gasteiger charge is 2.26. The van der Waals surface area contributed by atoms with Crippen molar-refractivity contribution < 1.29 is 19.0 Å². The van der Waals surface area contributed by atoms with Gasteiger partial charge in [0, 0.05) is 25.4 Å². The summed E-state index contributed by atoms with van der Waals surface area (Å²) in [4.78, 5) is 15.6. The predicted molar refractivity (Wildman–Crippen MR) is 114 cm³/mol. The van der Waals surface area contributed by atoms with Crippen molar-refractivity contribution in [2.45, 2.75) is 58.0 Å². The average molecular weight is 408 g/mol. The maximum Gasteiger partial charge on any atom is 0.231 e. The van der Waals surface area contributed by atoms with Crippen molar-refractivity contribution in [2.24, 2.45) is 5.92 Å². The van der Waals surface area contributed by atoms with Gasteiger partial charge in [0.2, 0.25) is 12.7 Å². The molecule has 3 aliphatic rings. The molecule has 0 radical (unpaired) electrons. The van der Waals surface area contributed by atoms with Gasteiger partial charge in [0.25, 0.3) is 0 Å². The van der Waals surface area contributed by atoms with Gasteiger partial charge in [-0.2, -0.15) is 0 Å². The minimum atomic E-state index is 0.138. The number of nitrogens with zero attached hydrogens (tertiary/aromatic N) is 1. The lowest BCUT2D eigenvalue weighted by molar-refractivity contribution is -0.137. The Morgan fingerprint density at radius 2 is 1.53 bits per heavy atom. The fourth-order valence-electron chi connectivity index (χ4n) is 4.81. The molecule has 1 fully saturated rings. The first-order chi connectivity index (χ1) is 14.8. The fourth-order valence-corrected chi connectivity index (χ4v) is 4.81. The maximum atomic E-state index is 13.6. The first kappa shape index (κ1) is 19.3. The van der Waals surface area contributed by atoms with E-state index in [0.29, 0.717) is 13.1 Å². The molecule has 0 bridgehead atoms. The quantitative estimate of drug-likeness (QED) is 0.665. The van der Waals surface area contributed by atoms with Crippen molar-refractivity contribution in [3.63, 3.8) is 0 Å². The van der Waals surface area contributed by atoms with E-state index in [2.05, 4.69) is 12.1 Å². The summed E-state index contributed by atoms with van der Waals surface area (Å²) in [6.45, 7) is 2.22. The van der Waals surface area contributed by atoms with Crippen molar-refractivity contribution in [1.82, 2.24) is 4.90 Å². The average Bonchev–Trinajstić information content (AvgIpc) is 3.34. The van der Waals surface area contributed by atoms with E-state index in [1.54, 1.807) is 0 Å². The number of carbonyl (C=O) groups excluding carboxylic acids is 1. The summed E-state index contributed by atoms with van der Waals surface area (Å²) in [6, 6.07) is 12.3. The van der Waals surface area contributed by atoms with Crippen LogP contribution in [-0.4, -0.2) is 24.2 Å². The first-order valence-corrected chi connectivity index (χ1v) is 11.2. The lowest BCUT2D eigenvalue weighted by Crippen LogP contribution is -2.35. The summed E-state index contributed by atoms with van der Waals surface area (Å²) in [5, 5.41) is 0. The number of hydrogen-bond donors (Lipinski definition) is 0. The Morgan fingerprint density at radius 1 is 0.833 bits per heavy atom. The molecule has 1 amide bonds. The van der Waals surface area contributed by atoms with Gasteiger partial charge in [-0.3, -0.25) is 4.79 Å². The van der Waals surface area contributed by atoms with E-state index < -0.39 is 0 Å². The number of fused-ring (bicyclic) bond motifs is 2. The third-order valence-electron chi connectivity index (χ3n) is 6.45. The second-order valence-electron chi connectivity index (χ2n) is 8.61. The zero-order chi connectivity index (χ0) is 20.3. The van der Waals surface area contributed by atoms with Crippen LogP contribution >= 0.6 is 0 Å². The molecule has 0 atom stereocenters. The predicted octanol–water partition coefficient (Wildman–Crippen LogP) is 4.85. The first-order valence-electron chi connectivity index (χ1n) is 11.2. The van der Waals surface area contributed by atoms with Crippen LogP contribution in [0, 0.1) is 5.92 Å². The Kier molecular flexibility index (Phi) is 5.52. The Morgan fingerprint density at radius 3 is 2.33 bits per heavy atom. The van der Waals surface area contributed by atoms with Crippen LogP contribution in [0.15, 0.2) is 36.4 Å². The molecule has 2 heterocycles. The topological polar surface area (TPSA) is 48.0 Å². The zero-order valence-corrected chi connectivity index (χ0v) is 17.4. The van der Waals surface area contributed by atoms with E-state index in [4.69, 9.17) is 14.2 Å². The molecular weight excluding hydrogens is 378 g/mol. The van der Waals surface area contributed by atoms with Crippen LogP contribution in [0.4, 0.5) is 0 Å². The summed E-state index contributed by atoms with van der Waals surface area (Å²) in [5.41, 5.74) is 3.49. The van der Waals surface area contributed by atoms with E-state index in [0.717, 1.165) is 61.5 Å². The third kappa shape index (κ3) is 4.11. The highest BCUT2D eigenvalue weighted by Crippen LogP contribution is 2.34. The molecule has 2 aliphatic heterocycles. The largest absolute Gasteiger partial charge is 0.493 e. The summed E-state index contributed by atoms with van der Waals surface area (Å²) in [6.07, 6.45) is 7.77. The molecule has 158 valence electrons. The van der Waals surface area contributed by atoms with Crippen molar-refractivity contribution in [2.75, 3.05) is 13.4 Å². The SMILES string of the molecule is O=C(C1CCCCCC1)N(Cc1ccc2c(c1)CCO2)Cc1ccc2c(c1)OCO2. The molecule has 1 saturated carbocycles. The van der Waals surface area contributed by atoms with Gasteiger partial charge in [0.05, 0.1) is 6.61 Å². The van der Waals surface area contributed by atoms with Crippen LogP contribution in [0.3, 0.4) is 0 Å². The molecule has 2 aromatic rings. The van der Waals surface area contributed by atoms with Gasteiger partial charge in [0.1, 0.15) is 5.75 Å². The maximum absolute atomic E-state index is 13.6. The van der Waals surface area contributed by atoms with Gasteiger partial charge in [0.15, 0.2) is 11.5 Å².